The Morgan fingerprint density at radius 2 is 1.13 bits per heavy atom. The average molecular weight is 344 g/mol. The largest absolute Gasteiger partial charge is 0.471 e. The Bertz CT molecular complexity index is 593. The minimum Gasteiger partial charge on any atom is -0.471 e. The van der Waals surface area contributed by atoms with Crippen LogP contribution < -0.4 is 10.4 Å². The van der Waals surface area contributed by atoms with Crippen LogP contribution in [0.5, 0.6) is 0 Å². The van der Waals surface area contributed by atoms with Gasteiger partial charge in [-0.25, -0.2) is 0 Å². The van der Waals surface area contributed by atoms with E-state index in [1.807, 2.05) is 60.7 Å². The molecule has 2 radical (unpaired) electrons. The van der Waals surface area contributed by atoms with Crippen LogP contribution in [0.4, 0.5) is 9.59 Å². The van der Waals surface area contributed by atoms with Crippen molar-refractivity contribution < 1.29 is 23.2 Å². The van der Waals surface area contributed by atoms with Crippen LogP contribution in [0.3, 0.4) is 0 Å². The van der Waals surface area contributed by atoms with Gasteiger partial charge in [-0.3, -0.25) is 9.59 Å². The first-order valence-electron chi connectivity index (χ1n) is 6.86. The summed E-state index contributed by atoms with van der Waals surface area (Å²) in [5.41, 5.74) is -1.34. The summed E-state index contributed by atoms with van der Waals surface area (Å²) in [5.74, 6) is 0. The number of carbonyl (C=O) groups excluding carboxylic acids is 2. The number of hydrogen-bond donors (Lipinski definition) is 0. The number of benzene rings is 2. The Hall–Kier alpha value is -2.23. The van der Waals surface area contributed by atoms with Crippen molar-refractivity contribution >= 4 is 39.6 Å². The summed E-state index contributed by atoms with van der Waals surface area (Å²) in [6, 6.07) is 19.1. The fourth-order valence-corrected chi connectivity index (χ4v) is 6.20. The molecule has 7 heteroatoms. The molecular weight excluding hydrogens is 328 g/mol. The van der Waals surface area contributed by atoms with Gasteiger partial charge in [0.2, 0.25) is 0 Å². The van der Waals surface area contributed by atoms with Crippen molar-refractivity contribution in [1.82, 2.24) is 0 Å². The predicted octanol–water partition coefficient (Wildman–Crippen LogP) is 1.50. The molecule has 2 aromatic carbocycles. The van der Waals surface area contributed by atoms with Crippen LogP contribution in [0.1, 0.15) is 0 Å². The van der Waals surface area contributed by atoms with Gasteiger partial charge in [0.15, 0.2) is 0 Å². The quantitative estimate of drug-likeness (QED) is 0.743. The van der Waals surface area contributed by atoms with E-state index in [9.17, 15) is 9.59 Å². The van der Waals surface area contributed by atoms with Gasteiger partial charge in [-0.2, -0.15) is 0 Å². The highest BCUT2D eigenvalue weighted by atomic mass is 28.4. The molecule has 0 saturated heterocycles. The maximum Gasteiger partial charge on any atom is 0.469 e. The lowest BCUT2D eigenvalue weighted by Crippen LogP contribution is -2.53. The third-order valence-corrected chi connectivity index (χ3v) is 7.52. The van der Waals surface area contributed by atoms with E-state index in [1.54, 1.807) is 0 Å². The van der Waals surface area contributed by atoms with E-state index in [0.717, 1.165) is 10.4 Å². The second kappa shape index (κ2) is 8.42. The lowest BCUT2D eigenvalue weighted by molar-refractivity contribution is 0.182. The van der Waals surface area contributed by atoms with Crippen LogP contribution >= 0.6 is 0 Å². The first-order chi connectivity index (χ1) is 11.2. The monoisotopic (exact) mass is 344 g/mol. The van der Waals surface area contributed by atoms with E-state index >= 15 is 0 Å². The van der Waals surface area contributed by atoms with Crippen LogP contribution in [0, 0.1) is 0 Å². The van der Waals surface area contributed by atoms with E-state index in [0.29, 0.717) is 0 Å². The summed E-state index contributed by atoms with van der Waals surface area (Å²) >= 11 is 0. The first kappa shape index (κ1) is 17.1. The Balaban J connectivity index is 2.37. The second-order valence-corrected chi connectivity index (χ2v) is 8.58. The molecule has 5 nitrogen and oxygen atoms in total. The number of ether oxygens (including phenoxy) is 2. The fraction of sp³-hybridized carbons (Fsp3) is 0.125. The van der Waals surface area contributed by atoms with Gasteiger partial charge >= 0.3 is 20.2 Å². The Labute approximate surface area is 138 Å². The topological polar surface area (TPSA) is 61.8 Å². The minimum absolute atomic E-state index is 0.670. The van der Waals surface area contributed by atoms with Crippen LogP contribution in [0.15, 0.2) is 60.7 Å². The lowest BCUT2D eigenvalue weighted by Gasteiger charge is -2.19. The highest BCUT2D eigenvalue weighted by Crippen LogP contribution is 2.02. The van der Waals surface area contributed by atoms with Gasteiger partial charge in [0.25, 0.3) is 9.04 Å². The summed E-state index contributed by atoms with van der Waals surface area (Å²) in [6.07, 6.45) is 0. The zero-order valence-corrected chi connectivity index (χ0v) is 14.8. The minimum atomic E-state index is -2.57. The normalized spacial score (nSPS) is 10.6. The second-order valence-electron chi connectivity index (χ2n) is 4.48. The number of methoxy groups -OCH3 is 2. The predicted molar refractivity (Wildman–Crippen MR) is 89.6 cm³/mol. The highest BCUT2D eigenvalue weighted by molar-refractivity contribution is 7.09. The summed E-state index contributed by atoms with van der Waals surface area (Å²) in [7, 11) is -1.87. The van der Waals surface area contributed by atoms with Crippen molar-refractivity contribution in [3.05, 3.63) is 60.7 Å². The average Bonchev–Trinajstić information content (AvgIpc) is 2.63. The molecule has 0 amide bonds. The summed E-state index contributed by atoms with van der Waals surface area (Å²) in [4.78, 5) is 23.8. The van der Waals surface area contributed by atoms with E-state index in [1.165, 1.54) is 14.2 Å². The SMILES string of the molecule is COC(=O)[Si](O[Si](c1ccccc1)c1ccccc1)C(=O)OC. The van der Waals surface area contributed by atoms with E-state index in [-0.39, 0.29) is 0 Å². The molecule has 0 aliphatic carbocycles. The van der Waals surface area contributed by atoms with E-state index < -0.39 is 29.3 Å². The maximum absolute atomic E-state index is 11.9. The Kier molecular flexibility index (Phi) is 6.27. The van der Waals surface area contributed by atoms with Crippen LogP contribution in [0.2, 0.25) is 0 Å². The molecule has 0 unspecified atom stereocenters. The van der Waals surface area contributed by atoms with Crippen molar-refractivity contribution in [2.24, 2.45) is 0 Å². The molecule has 0 spiro atoms. The maximum atomic E-state index is 11.9. The van der Waals surface area contributed by atoms with Gasteiger partial charge in [0.1, 0.15) is 0 Å². The molecule has 0 heterocycles. The molecule has 2 aromatic rings. The molecule has 2 rings (SSSR count). The van der Waals surface area contributed by atoms with Gasteiger partial charge in [0.05, 0.1) is 14.2 Å². The van der Waals surface area contributed by atoms with Crippen molar-refractivity contribution in [1.29, 1.82) is 0 Å². The Morgan fingerprint density at radius 3 is 1.48 bits per heavy atom. The van der Waals surface area contributed by atoms with Crippen molar-refractivity contribution in [3.63, 3.8) is 0 Å². The smallest absolute Gasteiger partial charge is 0.469 e. The zero-order valence-electron chi connectivity index (χ0n) is 12.8. The highest BCUT2D eigenvalue weighted by Gasteiger charge is 2.39. The van der Waals surface area contributed by atoms with E-state index in [4.69, 9.17) is 13.6 Å². The van der Waals surface area contributed by atoms with Gasteiger partial charge in [-0.05, 0) is 10.4 Å². The lowest BCUT2D eigenvalue weighted by atomic mass is 10.4. The van der Waals surface area contributed by atoms with Gasteiger partial charge in [-0.15, -0.1) is 0 Å². The third kappa shape index (κ3) is 4.38. The zero-order chi connectivity index (χ0) is 16.7. The third-order valence-electron chi connectivity index (χ3n) is 3.02. The van der Waals surface area contributed by atoms with Gasteiger partial charge < -0.3 is 13.6 Å². The molecule has 0 saturated carbocycles. The number of hydrogen-bond acceptors (Lipinski definition) is 5. The molecule has 0 aliphatic heterocycles. The molecule has 23 heavy (non-hydrogen) atoms. The fourth-order valence-electron chi connectivity index (χ4n) is 1.92. The molecule has 0 aliphatic rings. The molecular formula is C16H16O5Si2. The Morgan fingerprint density at radius 1 is 0.739 bits per heavy atom. The summed E-state index contributed by atoms with van der Waals surface area (Å²) < 4.78 is 15.4. The van der Waals surface area contributed by atoms with Crippen LogP contribution in [-0.2, 0) is 13.6 Å². The van der Waals surface area contributed by atoms with Crippen LogP contribution in [0.25, 0.3) is 0 Å². The van der Waals surface area contributed by atoms with Gasteiger partial charge in [-0.1, -0.05) is 60.7 Å². The van der Waals surface area contributed by atoms with Crippen molar-refractivity contribution in [2.75, 3.05) is 14.2 Å². The molecule has 0 bridgehead atoms. The van der Waals surface area contributed by atoms with Crippen molar-refractivity contribution in [3.8, 4) is 0 Å². The molecule has 0 atom stereocenters. The first-order valence-corrected chi connectivity index (χ1v) is 9.68. The van der Waals surface area contributed by atoms with Gasteiger partial charge in [0, 0.05) is 0 Å². The molecule has 0 aromatic heterocycles. The summed E-state index contributed by atoms with van der Waals surface area (Å²) in [5, 5.41) is 1.89. The summed E-state index contributed by atoms with van der Waals surface area (Å²) in [6.45, 7) is 0. The van der Waals surface area contributed by atoms with E-state index in [2.05, 4.69) is 0 Å². The number of carbonyl (C=O) groups is 2. The molecule has 0 fully saturated rings. The standard InChI is InChI=1S/C16H16O5Si2/c1-19-15(17)23(16(18)20-2)21-22(13-9-5-3-6-10-13)14-11-7-4-8-12-14/h3-12H,1-2H3. The molecule has 118 valence electrons. The number of rotatable bonds is 6. The molecule has 0 N–H and O–H groups in total. The van der Waals surface area contributed by atoms with Crippen molar-refractivity contribution in [2.45, 2.75) is 0 Å². The van der Waals surface area contributed by atoms with Crippen LogP contribution in [-0.4, -0.2) is 43.5 Å².